The van der Waals surface area contributed by atoms with Gasteiger partial charge in [-0.2, -0.15) is 0 Å². The number of carbonyl (C=O) groups is 1. The lowest BCUT2D eigenvalue weighted by atomic mass is 10.1. The summed E-state index contributed by atoms with van der Waals surface area (Å²) in [5.41, 5.74) is 0.434. The van der Waals surface area contributed by atoms with Crippen LogP contribution in [0.15, 0.2) is 41.0 Å². The largest absolute Gasteiger partial charge is 0.497 e. The van der Waals surface area contributed by atoms with Crippen molar-refractivity contribution in [2.45, 2.75) is 12.5 Å². The van der Waals surface area contributed by atoms with Crippen LogP contribution >= 0.6 is 0 Å². The Morgan fingerprint density at radius 3 is 2.50 bits per heavy atom. The van der Waals surface area contributed by atoms with E-state index < -0.39 is 6.10 Å². The highest BCUT2D eigenvalue weighted by Crippen LogP contribution is 2.22. The Bertz CT molecular complexity index is 587. The predicted octanol–water partition coefficient (Wildman–Crippen LogP) is 2.15. The van der Waals surface area contributed by atoms with E-state index in [9.17, 15) is 9.90 Å². The van der Waals surface area contributed by atoms with E-state index in [1.807, 2.05) is 0 Å². The maximum absolute atomic E-state index is 12.1. The third-order valence-electron chi connectivity index (χ3n) is 3.19. The van der Waals surface area contributed by atoms with Crippen molar-refractivity contribution in [2.24, 2.45) is 0 Å². The maximum atomic E-state index is 12.1. The molecule has 0 fully saturated rings. The van der Waals surface area contributed by atoms with E-state index in [0.29, 0.717) is 35.8 Å². The number of amides is 1. The zero-order valence-electron chi connectivity index (χ0n) is 12.5. The molecular formula is C16H19NO5. The summed E-state index contributed by atoms with van der Waals surface area (Å²) in [5, 5.41) is 12.6. The van der Waals surface area contributed by atoms with Crippen LogP contribution < -0.4 is 14.8 Å². The van der Waals surface area contributed by atoms with Crippen LogP contribution in [-0.2, 0) is 0 Å². The molecule has 6 heteroatoms. The lowest BCUT2D eigenvalue weighted by Gasteiger charge is -2.11. The molecule has 0 aliphatic carbocycles. The number of aliphatic hydroxyl groups excluding tert-OH is 1. The van der Waals surface area contributed by atoms with Crippen LogP contribution in [0.2, 0.25) is 0 Å². The van der Waals surface area contributed by atoms with Crippen molar-refractivity contribution in [1.82, 2.24) is 5.32 Å². The van der Waals surface area contributed by atoms with Gasteiger partial charge in [0.15, 0.2) is 0 Å². The van der Waals surface area contributed by atoms with Gasteiger partial charge in [-0.3, -0.25) is 4.79 Å². The smallest absolute Gasteiger partial charge is 0.251 e. The Labute approximate surface area is 128 Å². The fourth-order valence-corrected chi connectivity index (χ4v) is 1.99. The van der Waals surface area contributed by atoms with Crippen LogP contribution in [0.4, 0.5) is 0 Å². The number of methoxy groups -OCH3 is 2. The van der Waals surface area contributed by atoms with Crippen LogP contribution in [0.25, 0.3) is 0 Å². The molecule has 0 saturated heterocycles. The van der Waals surface area contributed by atoms with Gasteiger partial charge in [0.05, 0.1) is 20.5 Å². The zero-order chi connectivity index (χ0) is 15.9. The minimum atomic E-state index is -0.741. The number of ether oxygens (including phenoxy) is 2. The molecule has 1 aromatic heterocycles. The number of hydrogen-bond donors (Lipinski definition) is 2. The van der Waals surface area contributed by atoms with Crippen LogP contribution in [0.5, 0.6) is 11.5 Å². The number of benzene rings is 1. The van der Waals surface area contributed by atoms with E-state index >= 15 is 0 Å². The Kier molecular flexibility index (Phi) is 5.43. The second-order valence-electron chi connectivity index (χ2n) is 4.68. The molecule has 0 aliphatic heterocycles. The first kappa shape index (κ1) is 15.9. The summed E-state index contributed by atoms with van der Waals surface area (Å²) in [6, 6.07) is 8.35. The number of carbonyl (C=O) groups excluding carboxylic acids is 1. The zero-order valence-corrected chi connectivity index (χ0v) is 12.5. The molecule has 22 heavy (non-hydrogen) atoms. The van der Waals surface area contributed by atoms with Crippen LogP contribution in [-0.4, -0.2) is 31.8 Å². The summed E-state index contributed by atoms with van der Waals surface area (Å²) in [6.07, 6.45) is 1.12. The van der Waals surface area contributed by atoms with Gasteiger partial charge in [-0.1, -0.05) is 0 Å². The molecule has 0 spiro atoms. The fourth-order valence-electron chi connectivity index (χ4n) is 1.99. The molecule has 0 radical (unpaired) electrons. The SMILES string of the molecule is COc1cc(OC)cc(C(=O)NCCC(O)c2ccco2)c1. The molecule has 1 unspecified atom stereocenters. The van der Waals surface area contributed by atoms with Crippen molar-refractivity contribution >= 4 is 5.91 Å². The van der Waals surface area contributed by atoms with Crippen molar-refractivity contribution in [3.8, 4) is 11.5 Å². The maximum Gasteiger partial charge on any atom is 0.251 e. The van der Waals surface area contributed by atoms with E-state index in [4.69, 9.17) is 13.9 Å². The average molecular weight is 305 g/mol. The van der Waals surface area contributed by atoms with Gasteiger partial charge in [0, 0.05) is 18.2 Å². The summed E-state index contributed by atoms with van der Waals surface area (Å²) in [6.45, 7) is 0.320. The van der Waals surface area contributed by atoms with E-state index in [-0.39, 0.29) is 5.91 Å². The van der Waals surface area contributed by atoms with Gasteiger partial charge in [-0.25, -0.2) is 0 Å². The molecule has 2 aromatic rings. The monoisotopic (exact) mass is 305 g/mol. The van der Waals surface area contributed by atoms with Gasteiger partial charge in [0.2, 0.25) is 0 Å². The van der Waals surface area contributed by atoms with Crippen molar-refractivity contribution in [1.29, 1.82) is 0 Å². The summed E-state index contributed by atoms with van der Waals surface area (Å²) in [4.78, 5) is 12.1. The Morgan fingerprint density at radius 1 is 1.27 bits per heavy atom. The second kappa shape index (κ2) is 7.51. The first-order chi connectivity index (χ1) is 10.6. The summed E-state index contributed by atoms with van der Waals surface area (Å²) >= 11 is 0. The minimum Gasteiger partial charge on any atom is -0.497 e. The number of hydrogen-bond acceptors (Lipinski definition) is 5. The molecule has 2 N–H and O–H groups in total. The Morgan fingerprint density at radius 2 is 1.95 bits per heavy atom. The van der Waals surface area contributed by atoms with Crippen molar-refractivity contribution in [3.63, 3.8) is 0 Å². The van der Waals surface area contributed by atoms with E-state index in [1.54, 1.807) is 30.3 Å². The standard InChI is InChI=1S/C16H19NO5/c1-20-12-8-11(9-13(10-12)21-2)16(19)17-6-5-14(18)15-4-3-7-22-15/h3-4,7-10,14,18H,5-6H2,1-2H3,(H,17,19). The fraction of sp³-hybridized carbons (Fsp3) is 0.312. The van der Waals surface area contributed by atoms with Gasteiger partial charge < -0.3 is 24.3 Å². The van der Waals surface area contributed by atoms with Crippen LogP contribution in [0.1, 0.15) is 28.6 Å². The van der Waals surface area contributed by atoms with Crippen molar-refractivity contribution in [3.05, 3.63) is 47.9 Å². The normalized spacial score (nSPS) is 11.8. The molecule has 1 heterocycles. The Balaban J connectivity index is 1.92. The molecule has 118 valence electrons. The summed E-state index contributed by atoms with van der Waals surface area (Å²) in [5.74, 6) is 1.31. The second-order valence-corrected chi connectivity index (χ2v) is 4.68. The van der Waals surface area contributed by atoms with Crippen molar-refractivity contribution in [2.75, 3.05) is 20.8 Å². The molecule has 0 saturated carbocycles. The molecule has 6 nitrogen and oxygen atoms in total. The number of rotatable bonds is 7. The molecule has 0 bridgehead atoms. The highest BCUT2D eigenvalue weighted by atomic mass is 16.5. The first-order valence-electron chi connectivity index (χ1n) is 6.86. The molecule has 0 aliphatic rings. The van der Waals surface area contributed by atoms with Gasteiger partial charge in [-0.15, -0.1) is 0 Å². The lowest BCUT2D eigenvalue weighted by molar-refractivity contribution is 0.0935. The Hall–Kier alpha value is -2.47. The number of aliphatic hydroxyl groups is 1. The molecule has 1 aromatic carbocycles. The predicted molar refractivity (Wildman–Crippen MR) is 80.2 cm³/mol. The lowest BCUT2D eigenvalue weighted by Crippen LogP contribution is -2.25. The van der Waals surface area contributed by atoms with Gasteiger partial charge in [0.1, 0.15) is 23.4 Å². The average Bonchev–Trinajstić information content (AvgIpc) is 3.08. The number of nitrogens with one attached hydrogen (secondary N) is 1. The van der Waals surface area contributed by atoms with Gasteiger partial charge in [-0.05, 0) is 30.7 Å². The van der Waals surface area contributed by atoms with E-state index in [1.165, 1.54) is 20.5 Å². The minimum absolute atomic E-state index is 0.260. The highest BCUT2D eigenvalue weighted by Gasteiger charge is 2.13. The van der Waals surface area contributed by atoms with Crippen LogP contribution in [0.3, 0.4) is 0 Å². The van der Waals surface area contributed by atoms with Crippen molar-refractivity contribution < 1.29 is 23.8 Å². The highest BCUT2D eigenvalue weighted by molar-refractivity contribution is 5.95. The molecule has 2 rings (SSSR count). The molecular weight excluding hydrogens is 286 g/mol. The van der Waals surface area contributed by atoms with Crippen LogP contribution in [0, 0.1) is 0 Å². The first-order valence-corrected chi connectivity index (χ1v) is 6.86. The van der Waals surface area contributed by atoms with Gasteiger partial charge in [0.25, 0.3) is 5.91 Å². The summed E-state index contributed by atoms with van der Waals surface area (Å²) in [7, 11) is 3.05. The quantitative estimate of drug-likeness (QED) is 0.819. The summed E-state index contributed by atoms with van der Waals surface area (Å²) < 4.78 is 15.4. The number of furan rings is 1. The van der Waals surface area contributed by atoms with E-state index in [0.717, 1.165) is 0 Å². The third kappa shape index (κ3) is 4.02. The molecule has 1 amide bonds. The van der Waals surface area contributed by atoms with Gasteiger partial charge >= 0.3 is 0 Å². The topological polar surface area (TPSA) is 80.9 Å². The molecule has 1 atom stereocenters. The van der Waals surface area contributed by atoms with E-state index in [2.05, 4.69) is 5.32 Å². The third-order valence-corrected chi connectivity index (χ3v) is 3.19.